The zero-order valence-corrected chi connectivity index (χ0v) is 11.2. The molecular weight excluding hydrogens is 210 g/mol. The predicted octanol–water partition coefficient (Wildman–Crippen LogP) is 2.81. The number of nitrogens with one attached hydrogen (secondary N) is 1. The smallest absolute Gasteiger partial charge is 0.0596 e. The average Bonchev–Trinajstić information content (AvgIpc) is 2.65. The zero-order chi connectivity index (χ0) is 12.1. The van der Waals surface area contributed by atoms with E-state index in [0.29, 0.717) is 0 Å². The Hall–Kier alpha value is -0.830. The van der Waals surface area contributed by atoms with Crippen molar-refractivity contribution in [2.24, 2.45) is 0 Å². The first-order valence-electron chi connectivity index (χ1n) is 7.00. The Morgan fingerprint density at radius 2 is 2.06 bits per heavy atom. The lowest BCUT2D eigenvalue weighted by atomic mass is 9.95. The van der Waals surface area contributed by atoms with Gasteiger partial charge in [-0.2, -0.15) is 5.10 Å². The van der Waals surface area contributed by atoms with E-state index in [9.17, 15) is 0 Å². The predicted molar refractivity (Wildman–Crippen MR) is 71.2 cm³/mol. The molecule has 1 aromatic rings. The SMILES string of the molecule is Cc1cc(C)n(CCCNC2CCCCC2)n1. The normalized spacial score (nSPS) is 17.5. The molecule has 17 heavy (non-hydrogen) atoms. The van der Waals surface area contributed by atoms with Crippen LogP contribution in [0.15, 0.2) is 6.07 Å². The molecule has 3 nitrogen and oxygen atoms in total. The number of rotatable bonds is 5. The lowest BCUT2D eigenvalue weighted by molar-refractivity contribution is 0.367. The quantitative estimate of drug-likeness (QED) is 0.795. The molecule has 1 heterocycles. The molecule has 1 aliphatic carbocycles. The lowest BCUT2D eigenvalue weighted by Crippen LogP contribution is -2.32. The molecule has 1 fully saturated rings. The van der Waals surface area contributed by atoms with Gasteiger partial charge in [-0.25, -0.2) is 0 Å². The molecule has 0 atom stereocenters. The molecule has 3 heteroatoms. The fraction of sp³-hybridized carbons (Fsp3) is 0.786. The Bertz CT molecular complexity index is 337. The first kappa shape index (κ1) is 12.6. The highest BCUT2D eigenvalue weighted by atomic mass is 15.3. The number of hydrogen-bond donors (Lipinski definition) is 1. The van der Waals surface area contributed by atoms with E-state index in [1.54, 1.807) is 0 Å². The molecule has 0 unspecified atom stereocenters. The maximum absolute atomic E-state index is 4.48. The molecule has 0 radical (unpaired) electrons. The van der Waals surface area contributed by atoms with E-state index in [2.05, 4.69) is 35.0 Å². The Labute approximate surface area is 105 Å². The second-order valence-electron chi connectivity index (χ2n) is 5.29. The van der Waals surface area contributed by atoms with Crippen LogP contribution < -0.4 is 5.32 Å². The molecule has 2 rings (SSSR count). The minimum atomic E-state index is 0.782. The molecule has 1 saturated carbocycles. The third-order valence-electron chi connectivity index (χ3n) is 3.69. The van der Waals surface area contributed by atoms with Gasteiger partial charge in [0, 0.05) is 18.3 Å². The Morgan fingerprint density at radius 1 is 1.29 bits per heavy atom. The molecule has 1 aliphatic rings. The van der Waals surface area contributed by atoms with E-state index in [1.165, 1.54) is 44.2 Å². The van der Waals surface area contributed by atoms with Crippen molar-refractivity contribution >= 4 is 0 Å². The number of nitrogens with zero attached hydrogens (tertiary/aromatic N) is 2. The van der Waals surface area contributed by atoms with E-state index in [-0.39, 0.29) is 0 Å². The molecule has 96 valence electrons. The largest absolute Gasteiger partial charge is 0.314 e. The molecule has 0 aromatic carbocycles. The topological polar surface area (TPSA) is 29.9 Å². The van der Waals surface area contributed by atoms with Crippen LogP contribution in [-0.2, 0) is 6.54 Å². The van der Waals surface area contributed by atoms with E-state index < -0.39 is 0 Å². The molecule has 0 bridgehead atoms. The molecule has 0 amide bonds. The third-order valence-corrected chi connectivity index (χ3v) is 3.69. The number of hydrogen-bond acceptors (Lipinski definition) is 2. The lowest BCUT2D eigenvalue weighted by Gasteiger charge is -2.22. The molecule has 1 N–H and O–H groups in total. The van der Waals surface area contributed by atoms with Gasteiger partial charge in [0.25, 0.3) is 0 Å². The first-order valence-corrected chi connectivity index (χ1v) is 7.00. The van der Waals surface area contributed by atoms with Crippen molar-refractivity contribution in [3.05, 3.63) is 17.5 Å². The van der Waals surface area contributed by atoms with Crippen LogP contribution in [-0.4, -0.2) is 22.4 Å². The van der Waals surface area contributed by atoms with Gasteiger partial charge >= 0.3 is 0 Å². The van der Waals surface area contributed by atoms with Crippen LogP contribution in [0.3, 0.4) is 0 Å². The van der Waals surface area contributed by atoms with Gasteiger partial charge in [-0.1, -0.05) is 19.3 Å². The molecule has 0 aliphatic heterocycles. The fourth-order valence-electron chi connectivity index (χ4n) is 2.74. The average molecular weight is 235 g/mol. The summed E-state index contributed by atoms with van der Waals surface area (Å²) in [6.07, 6.45) is 8.19. The van der Waals surface area contributed by atoms with Gasteiger partial charge in [-0.05, 0) is 45.7 Å². The highest BCUT2D eigenvalue weighted by Gasteiger charge is 2.11. The standard InChI is InChI=1S/C14H25N3/c1-12-11-13(2)17(16-12)10-6-9-15-14-7-4-3-5-8-14/h11,14-15H,3-10H2,1-2H3. The van der Waals surface area contributed by atoms with Crippen molar-refractivity contribution in [3.8, 4) is 0 Å². The minimum Gasteiger partial charge on any atom is -0.314 e. The van der Waals surface area contributed by atoms with Gasteiger partial charge in [0.1, 0.15) is 0 Å². The minimum absolute atomic E-state index is 0.782. The van der Waals surface area contributed by atoms with Gasteiger partial charge < -0.3 is 5.32 Å². The summed E-state index contributed by atoms with van der Waals surface area (Å²) < 4.78 is 2.12. The van der Waals surface area contributed by atoms with E-state index >= 15 is 0 Å². The van der Waals surface area contributed by atoms with Gasteiger partial charge in [0.2, 0.25) is 0 Å². The third kappa shape index (κ3) is 3.84. The monoisotopic (exact) mass is 235 g/mol. The summed E-state index contributed by atoms with van der Waals surface area (Å²) in [4.78, 5) is 0. The summed E-state index contributed by atoms with van der Waals surface area (Å²) in [6, 6.07) is 2.93. The van der Waals surface area contributed by atoms with E-state index in [4.69, 9.17) is 0 Å². The van der Waals surface area contributed by atoms with E-state index in [1.807, 2.05) is 0 Å². The first-order chi connectivity index (χ1) is 8.25. The van der Waals surface area contributed by atoms with Crippen molar-refractivity contribution in [3.63, 3.8) is 0 Å². The number of aromatic nitrogens is 2. The summed E-state index contributed by atoms with van der Waals surface area (Å²) in [7, 11) is 0. The zero-order valence-electron chi connectivity index (χ0n) is 11.2. The molecule has 0 saturated heterocycles. The van der Waals surface area contributed by atoms with Crippen molar-refractivity contribution in [1.29, 1.82) is 0 Å². The van der Waals surface area contributed by atoms with Crippen LogP contribution in [0.5, 0.6) is 0 Å². The molecule has 0 spiro atoms. The molecular formula is C14H25N3. The summed E-state index contributed by atoms with van der Waals surface area (Å²) in [6.45, 7) is 6.36. The van der Waals surface area contributed by atoms with Gasteiger partial charge in [0.05, 0.1) is 5.69 Å². The summed E-state index contributed by atoms with van der Waals surface area (Å²) in [5.41, 5.74) is 2.41. The van der Waals surface area contributed by atoms with Crippen LogP contribution in [0.1, 0.15) is 49.9 Å². The fourth-order valence-corrected chi connectivity index (χ4v) is 2.74. The van der Waals surface area contributed by atoms with Crippen LogP contribution in [0.25, 0.3) is 0 Å². The second kappa shape index (κ2) is 6.20. The highest BCUT2D eigenvalue weighted by molar-refractivity contribution is 5.06. The molecule has 1 aromatic heterocycles. The maximum atomic E-state index is 4.48. The number of aryl methyl sites for hydroxylation is 3. The van der Waals surface area contributed by atoms with Gasteiger partial charge in [-0.3, -0.25) is 4.68 Å². The van der Waals surface area contributed by atoms with Crippen molar-refractivity contribution in [2.75, 3.05) is 6.54 Å². The summed E-state index contributed by atoms with van der Waals surface area (Å²) in [5.74, 6) is 0. The van der Waals surface area contributed by atoms with Crippen LogP contribution in [0, 0.1) is 13.8 Å². The maximum Gasteiger partial charge on any atom is 0.0596 e. The van der Waals surface area contributed by atoms with Crippen molar-refractivity contribution < 1.29 is 0 Å². The highest BCUT2D eigenvalue weighted by Crippen LogP contribution is 2.17. The van der Waals surface area contributed by atoms with E-state index in [0.717, 1.165) is 24.8 Å². The van der Waals surface area contributed by atoms with Gasteiger partial charge in [0.15, 0.2) is 0 Å². The second-order valence-corrected chi connectivity index (χ2v) is 5.29. The van der Waals surface area contributed by atoms with Crippen LogP contribution in [0.4, 0.5) is 0 Å². The van der Waals surface area contributed by atoms with Crippen molar-refractivity contribution in [1.82, 2.24) is 15.1 Å². The summed E-state index contributed by atoms with van der Waals surface area (Å²) >= 11 is 0. The van der Waals surface area contributed by atoms with Crippen LogP contribution >= 0.6 is 0 Å². The Balaban J connectivity index is 1.64. The van der Waals surface area contributed by atoms with Crippen molar-refractivity contribution in [2.45, 2.75) is 65.0 Å². The Kier molecular flexibility index (Phi) is 4.60. The Morgan fingerprint density at radius 3 is 2.71 bits per heavy atom. The summed E-state index contributed by atoms with van der Waals surface area (Å²) in [5, 5.41) is 8.16. The van der Waals surface area contributed by atoms with Crippen LogP contribution in [0.2, 0.25) is 0 Å². The van der Waals surface area contributed by atoms with Gasteiger partial charge in [-0.15, -0.1) is 0 Å².